The summed E-state index contributed by atoms with van der Waals surface area (Å²) in [5.41, 5.74) is 11.2. The Morgan fingerprint density at radius 1 is 1.38 bits per heavy atom. The Balaban J connectivity index is 0.00000529. The molecule has 0 aliphatic carbocycles. The van der Waals surface area contributed by atoms with Crippen molar-refractivity contribution in [3.63, 3.8) is 0 Å². The largest absolute Gasteiger partial charge is 0.393 e. The van der Waals surface area contributed by atoms with Gasteiger partial charge in [-0.25, -0.2) is 0 Å². The molecule has 0 aliphatic rings. The van der Waals surface area contributed by atoms with Crippen molar-refractivity contribution in [3.8, 4) is 0 Å². The van der Waals surface area contributed by atoms with Gasteiger partial charge in [-0.05, 0) is 43.6 Å². The van der Waals surface area contributed by atoms with Gasteiger partial charge < -0.3 is 16.3 Å². The summed E-state index contributed by atoms with van der Waals surface area (Å²) >= 11 is 13.6. The lowest BCUT2D eigenvalue weighted by Crippen LogP contribution is -2.49. The van der Waals surface area contributed by atoms with E-state index in [-0.39, 0.29) is 30.4 Å². The molecule has 5 N–H and O–H groups in total. The summed E-state index contributed by atoms with van der Waals surface area (Å²) in [4.78, 5) is 7.48. The molecule has 1 rings (SSSR count). The third-order valence-corrected chi connectivity index (χ3v) is 4.53. The van der Waals surface area contributed by atoms with E-state index in [4.69, 9.17) is 44.9 Å². The maximum absolute atomic E-state index is 7.45. The molecule has 1 aromatic carbocycles. The first-order valence-corrected chi connectivity index (χ1v) is 8.73. The minimum Gasteiger partial charge on any atom is -0.393 e. The van der Waals surface area contributed by atoms with Gasteiger partial charge in [0, 0.05) is 21.7 Å². The molecule has 0 aromatic heterocycles. The van der Waals surface area contributed by atoms with Crippen LogP contribution in [-0.4, -0.2) is 35.2 Å². The maximum atomic E-state index is 7.45. The van der Waals surface area contributed by atoms with Crippen molar-refractivity contribution in [1.82, 2.24) is 4.90 Å². The molecule has 0 amide bonds. The number of nitrogens with zero attached hydrogens (tertiary/aromatic N) is 2. The number of rotatable bonds is 7. The van der Waals surface area contributed by atoms with Crippen molar-refractivity contribution < 1.29 is 4.84 Å². The molecule has 6 nitrogen and oxygen atoms in total. The highest BCUT2D eigenvalue weighted by atomic mass is 35.5. The molecule has 0 aliphatic heterocycles. The number of nitrogens with one attached hydrogen (secondary N) is 1. The summed E-state index contributed by atoms with van der Waals surface area (Å²) in [6, 6.07) is 5.29. The van der Waals surface area contributed by atoms with Crippen molar-refractivity contribution in [2.75, 3.05) is 12.4 Å². The van der Waals surface area contributed by atoms with Gasteiger partial charge in [-0.3, -0.25) is 10.3 Å². The number of oxime groups is 1. The SMILES string of the molecule is CC(C)N(C(=N)N)C(N)=NOCCCSc1cc(Cl)ccc1Cl.Cl. The van der Waals surface area contributed by atoms with E-state index in [1.54, 1.807) is 23.9 Å². The van der Waals surface area contributed by atoms with E-state index in [0.29, 0.717) is 16.7 Å². The maximum Gasteiger partial charge on any atom is 0.240 e. The van der Waals surface area contributed by atoms with Gasteiger partial charge in [0.25, 0.3) is 0 Å². The molecule has 0 fully saturated rings. The molecular weight excluding hydrogens is 393 g/mol. The molecular formula is C14H22Cl3N5OS. The molecule has 0 bridgehead atoms. The fourth-order valence-corrected chi connectivity index (χ4v) is 3.13. The summed E-state index contributed by atoms with van der Waals surface area (Å²) in [5, 5.41) is 12.6. The first-order valence-electron chi connectivity index (χ1n) is 6.99. The highest BCUT2D eigenvalue weighted by Gasteiger charge is 2.15. The summed E-state index contributed by atoms with van der Waals surface area (Å²) < 4.78 is 0. The summed E-state index contributed by atoms with van der Waals surface area (Å²) in [7, 11) is 0. The van der Waals surface area contributed by atoms with Gasteiger partial charge in [0.05, 0.1) is 5.02 Å². The Hall–Kier alpha value is -1.02. The highest BCUT2D eigenvalue weighted by Crippen LogP contribution is 2.30. The molecule has 0 unspecified atom stereocenters. The van der Waals surface area contributed by atoms with E-state index < -0.39 is 0 Å². The second-order valence-electron chi connectivity index (χ2n) is 4.91. The van der Waals surface area contributed by atoms with Crippen LogP contribution in [0.25, 0.3) is 0 Å². The van der Waals surface area contributed by atoms with Crippen molar-refractivity contribution in [2.24, 2.45) is 16.6 Å². The van der Waals surface area contributed by atoms with Gasteiger partial charge in [0.1, 0.15) is 6.61 Å². The van der Waals surface area contributed by atoms with Gasteiger partial charge in [0.2, 0.25) is 5.96 Å². The van der Waals surface area contributed by atoms with Crippen LogP contribution in [0.1, 0.15) is 20.3 Å². The van der Waals surface area contributed by atoms with Gasteiger partial charge >= 0.3 is 0 Å². The van der Waals surface area contributed by atoms with E-state index in [0.717, 1.165) is 17.1 Å². The number of hydrogen-bond donors (Lipinski definition) is 3. The molecule has 0 saturated carbocycles. The Kier molecular flexibility index (Phi) is 11.0. The molecule has 0 spiro atoms. The molecule has 0 heterocycles. The third-order valence-electron chi connectivity index (χ3n) is 2.71. The quantitative estimate of drug-likeness (QED) is 0.207. The van der Waals surface area contributed by atoms with Crippen LogP contribution in [0.5, 0.6) is 0 Å². The van der Waals surface area contributed by atoms with Crippen LogP contribution in [-0.2, 0) is 4.84 Å². The van der Waals surface area contributed by atoms with Gasteiger partial charge in [-0.1, -0.05) is 23.2 Å². The second-order valence-corrected chi connectivity index (χ2v) is 6.89. The Morgan fingerprint density at radius 3 is 2.62 bits per heavy atom. The van der Waals surface area contributed by atoms with Crippen LogP contribution < -0.4 is 11.5 Å². The lowest BCUT2D eigenvalue weighted by atomic mass is 10.3. The average molecular weight is 415 g/mol. The van der Waals surface area contributed by atoms with Gasteiger partial charge in [-0.15, -0.1) is 24.2 Å². The Morgan fingerprint density at radius 2 is 2.04 bits per heavy atom. The topological polar surface area (TPSA) is 101 Å². The number of guanidine groups is 2. The predicted molar refractivity (Wildman–Crippen MR) is 106 cm³/mol. The number of thioether (sulfide) groups is 1. The van der Waals surface area contributed by atoms with E-state index in [1.165, 1.54) is 4.90 Å². The fourth-order valence-electron chi connectivity index (χ4n) is 1.72. The Labute approximate surface area is 162 Å². The molecule has 136 valence electrons. The zero-order valence-corrected chi connectivity index (χ0v) is 16.6. The lowest BCUT2D eigenvalue weighted by molar-refractivity contribution is 0.141. The van der Waals surface area contributed by atoms with Crippen LogP contribution in [0.3, 0.4) is 0 Å². The van der Waals surface area contributed by atoms with Crippen molar-refractivity contribution >= 4 is 59.3 Å². The molecule has 0 atom stereocenters. The van der Waals surface area contributed by atoms with Crippen molar-refractivity contribution in [3.05, 3.63) is 28.2 Å². The zero-order chi connectivity index (χ0) is 17.4. The van der Waals surface area contributed by atoms with E-state index in [9.17, 15) is 0 Å². The van der Waals surface area contributed by atoms with Gasteiger partial charge in [0.15, 0.2) is 5.96 Å². The third kappa shape index (κ3) is 7.70. The van der Waals surface area contributed by atoms with Gasteiger partial charge in [-0.2, -0.15) is 0 Å². The van der Waals surface area contributed by atoms with Crippen molar-refractivity contribution in [2.45, 2.75) is 31.2 Å². The number of hydrogen-bond acceptors (Lipinski definition) is 4. The smallest absolute Gasteiger partial charge is 0.240 e. The van der Waals surface area contributed by atoms with E-state index in [2.05, 4.69) is 5.16 Å². The van der Waals surface area contributed by atoms with Crippen LogP contribution in [0.15, 0.2) is 28.3 Å². The second kappa shape index (κ2) is 11.5. The van der Waals surface area contributed by atoms with Crippen LogP contribution in [0, 0.1) is 5.41 Å². The number of halogens is 3. The zero-order valence-electron chi connectivity index (χ0n) is 13.5. The van der Waals surface area contributed by atoms with Crippen molar-refractivity contribution in [1.29, 1.82) is 5.41 Å². The number of benzene rings is 1. The predicted octanol–water partition coefficient (Wildman–Crippen LogP) is 3.75. The summed E-state index contributed by atoms with van der Waals surface area (Å²) in [6.45, 7) is 4.11. The summed E-state index contributed by atoms with van der Waals surface area (Å²) in [6.07, 6.45) is 0.756. The number of nitrogens with two attached hydrogens (primary N) is 2. The van der Waals surface area contributed by atoms with E-state index in [1.807, 2.05) is 19.9 Å². The fraction of sp³-hybridized carbons (Fsp3) is 0.429. The monoisotopic (exact) mass is 413 g/mol. The molecule has 24 heavy (non-hydrogen) atoms. The molecule has 10 heteroatoms. The average Bonchev–Trinajstić information content (AvgIpc) is 2.45. The minimum absolute atomic E-state index is 0. The van der Waals surface area contributed by atoms with Crippen LogP contribution >= 0.6 is 47.4 Å². The minimum atomic E-state index is -0.170. The van der Waals surface area contributed by atoms with E-state index >= 15 is 0 Å². The lowest BCUT2D eigenvalue weighted by Gasteiger charge is -2.24. The Bertz CT molecular complexity index is 571. The van der Waals surface area contributed by atoms with Crippen LogP contribution in [0.4, 0.5) is 0 Å². The highest BCUT2D eigenvalue weighted by molar-refractivity contribution is 7.99. The first-order chi connectivity index (χ1) is 10.8. The molecule has 1 aromatic rings. The standard InChI is InChI=1S/C14H21Cl2N5OS.ClH/c1-9(2)21(13(17)18)14(19)20-22-6-3-7-23-12-8-10(15)4-5-11(12)16;/h4-5,8-9H,3,6-7H2,1-2H3,(H3,17,18)(H2,19,20);1H. The molecule has 0 radical (unpaired) electrons. The normalized spacial score (nSPS) is 11.1. The summed E-state index contributed by atoms with van der Waals surface area (Å²) in [5.74, 6) is 0.699. The first kappa shape index (κ1) is 23.0. The molecule has 0 saturated heterocycles. The van der Waals surface area contributed by atoms with Crippen LogP contribution in [0.2, 0.25) is 10.0 Å².